The lowest BCUT2D eigenvalue weighted by atomic mass is 10.1. The number of aliphatic carboxylic acids is 1. The van der Waals surface area contributed by atoms with Crippen molar-refractivity contribution in [1.29, 1.82) is 0 Å². The van der Waals surface area contributed by atoms with Gasteiger partial charge in [0.1, 0.15) is 22.6 Å². The van der Waals surface area contributed by atoms with Gasteiger partial charge in [-0.1, -0.05) is 18.7 Å². The second-order valence-corrected chi connectivity index (χ2v) is 6.68. The number of benzene rings is 2. The highest BCUT2D eigenvalue weighted by Gasteiger charge is 2.23. The summed E-state index contributed by atoms with van der Waals surface area (Å²) in [6, 6.07) is 11.4. The maximum Gasteiger partial charge on any atom is 0.317 e. The van der Waals surface area contributed by atoms with Crippen LogP contribution in [0.1, 0.15) is 13.3 Å². The standard InChI is InChI=1S/C19H15F2NO3S/c1-2-15(18(23)24)26-19-22-16(11-3-7-13(20)8-4-11)17(25-19)12-5-9-14(21)10-6-12/h3-10,15H,2H2,1H3,(H,23,24). The molecule has 0 saturated carbocycles. The van der Waals surface area contributed by atoms with Crippen LogP contribution in [-0.2, 0) is 4.79 Å². The number of aromatic nitrogens is 1. The molecule has 0 aliphatic rings. The van der Waals surface area contributed by atoms with Crippen molar-refractivity contribution >= 4 is 17.7 Å². The Morgan fingerprint density at radius 1 is 1.08 bits per heavy atom. The molecule has 0 spiro atoms. The molecule has 1 aromatic heterocycles. The van der Waals surface area contributed by atoms with Crippen molar-refractivity contribution in [1.82, 2.24) is 4.98 Å². The van der Waals surface area contributed by atoms with Gasteiger partial charge in [0.05, 0.1) is 0 Å². The summed E-state index contributed by atoms with van der Waals surface area (Å²) in [5.41, 5.74) is 1.65. The number of hydrogen-bond acceptors (Lipinski definition) is 4. The van der Waals surface area contributed by atoms with E-state index in [0.717, 1.165) is 11.8 Å². The minimum Gasteiger partial charge on any atom is -0.480 e. The third kappa shape index (κ3) is 3.94. The zero-order valence-corrected chi connectivity index (χ0v) is 14.6. The molecular formula is C19H15F2NO3S. The monoisotopic (exact) mass is 375 g/mol. The number of nitrogens with zero attached hydrogens (tertiary/aromatic N) is 1. The second-order valence-electron chi connectivity index (χ2n) is 5.52. The number of carboxylic acid groups (broad SMARTS) is 1. The van der Waals surface area contributed by atoms with Gasteiger partial charge in [-0.15, -0.1) is 0 Å². The number of oxazole rings is 1. The molecule has 3 rings (SSSR count). The lowest BCUT2D eigenvalue weighted by Gasteiger charge is -2.04. The van der Waals surface area contributed by atoms with E-state index >= 15 is 0 Å². The molecule has 0 bridgehead atoms. The first-order valence-corrected chi connectivity index (χ1v) is 8.78. The van der Waals surface area contributed by atoms with Crippen molar-refractivity contribution in [3.8, 4) is 22.6 Å². The molecule has 134 valence electrons. The maximum atomic E-state index is 13.2. The summed E-state index contributed by atoms with van der Waals surface area (Å²) in [5, 5.41) is 8.73. The summed E-state index contributed by atoms with van der Waals surface area (Å²) in [6.07, 6.45) is 0.403. The molecule has 0 aliphatic heterocycles. The molecule has 4 nitrogen and oxygen atoms in total. The summed E-state index contributed by atoms with van der Waals surface area (Å²) in [5.74, 6) is -1.35. The normalized spacial score (nSPS) is 12.1. The van der Waals surface area contributed by atoms with Crippen molar-refractivity contribution in [2.24, 2.45) is 0 Å². The molecule has 1 N–H and O–H groups in total. The smallest absolute Gasteiger partial charge is 0.317 e. The first kappa shape index (κ1) is 18.1. The van der Waals surface area contributed by atoms with Crippen LogP contribution in [0.25, 0.3) is 22.6 Å². The van der Waals surface area contributed by atoms with Crippen molar-refractivity contribution in [2.75, 3.05) is 0 Å². The average molecular weight is 375 g/mol. The van der Waals surface area contributed by atoms with Crippen LogP contribution in [0.15, 0.2) is 58.2 Å². The minimum atomic E-state index is -0.956. The Morgan fingerprint density at radius 3 is 2.12 bits per heavy atom. The van der Waals surface area contributed by atoms with E-state index in [0.29, 0.717) is 29.0 Å². The van der Waals surface area contributed by atoms with Crippen LogP contribution in [-0.4, -0.2) is 21.3 Å². The molecule has 1 heterocycles. The summed E-state index contributed by atoms with van der Waals surface area (Å²) in [4.78, 5) is 15.7. The highest BCUT2D eigenvalue weighted by Crippen LogP contribution is 2.37. The lowest BCUT2D eigenvalue weighted by molar-refractivity contribution is -0.136. The van der Waals surface area contributed by atoms with Gasteiger partial charge in [0.15, 0.2) is 5.76 Å². The number of carbonyl (C=O) groups is 1. The lowest BCUT2D eigenvalue weighted by Crippen LogP contribution is -2.14. The molecule has 1 unspecified atom stereocenters. The summed E-state index contributed by atoms with van der Waals surface area (Å²) < 4.78 is 32.2. The summed E-state index contributed by atoms with van der Waals surface area (Å²) in [7, 11) is 0. The van der Waals surface area contributed by atoms with Gasteiger partial charge in [-0.2, -0.15) is 0 Å². The van der Waals surface area contributed by atoms with E-state index in [-0.39, 0.29) is 16.9 Å². The number of rotatable bonds is 6. The molecule has 0 fully saturated rings. The van der Waals surface area contributed by atoms with Gasteiger partial charge in [-0.25, -0.2) is 13.8 Å². The van der Waals surface area contributed by atoms with Gasteiger partial charge in [-0.3, -0.25) is 4.79 Å². The van der Waals surface area contributed by atoms with E-state index in [9.17, 15) is 18.7 Å². The van der Waals surface area contributed by atoms with Gasteiger partial charge < -0.3 is 9.52 Å². The quantitative estimate of drug-likeness (QED) is 0.597. The first-order valence-electron chi connectivity index (χ1n) is 7.90. The Bertz CT molecular complexity index is 845. The van der Waals surface area contributed by atoms with E-state index in [1.54, 1.807) is 31.2 Å². The Labute approximate surface area is 152 Å². The zero-order chi connectivity index (χ0) is 18.7. The third-order valence-corrected chi connectivity index (χ3v) is 4.92. The molecule has 3 aromatic rings. The second kappa shape index (κ2) is 7.70. The molecule has 0 saturated heterocycles. The van der Waals surface area contributed by atoms with Crippen LogP contribution in [0.4, 0.5) is 8.78 Å². The Hall–Kier alpha value is -2.67. The molecular weight excluding hydrogens is 360 g/mol. The predicted molar refractivity (Wildman–Crippen MR) is 94.9 cm³/mol. The fourth-order valence-electron chi connectivity index (χ4n) is 2.38. The topological polar surface area (TPSA) is 63.3 Å². The molecule has 1 atom stereocenters. The van der Waals surface area contributed by atoms with Crippen LogP contribution < -0.4 is 0 Å². The van der Waals surface area contributed by atoms with E-state index in [2.05, 4.69) is 4.98 Å². The van der Waals surface area contributed by atoms with Gasteiger partial charge in [0.2, 0.25) is 0 Å². The highest BCUT2D eigenvalue weighted by atomic mass is 32.2. The fraction of sp³-hybridized carbons (Fsp3) is 0.158. The van der Waals surface area contributed by atoms with Crippen molar-refractivity contribution in [3.05, 3.63) is 60.2 Å². The Balaban J connectivity index is 2.06. The largest absolute Gasteiger partial charge is 0.480 e. The van der Waals surface area contributed by atoms with Crippen LogP contribution in [0.3, 0.4) is 0 Å². The fourth-order valence-corrected chi connectivity index (χ4v) is 3.17. The number of halogens is 2. The van der Waals surface area contributed by atoms with Crippen LogP contribution in [0.2, 0.25) is 0 Å². The third-order valence-electron chi connectivity index (χ3n) is 3.72. The molecule has 2 aromatic carbocycles. The number of thioether (sulfide) groups is 1. The van der Waals surface area contributed by atoms with E-state index < -0.39 is 11.2 Å². The van der Waals surface area contributed by atoms with Crippen molar-refractivity contribution in [3.63, 3.8) is 0 Å². The van der Waals surface area contributed by atoms with Gasteiger partial charge in [0.25, 0.3) is 5.22 Å². The van der Waals surface area contributed by atoms with Gasteiger partial charge in [0, 0.05) is 11.1 Å². The average Bonchev–Trinajstić information content (AvgIpc) is 3.04. The van der Waals surface area contributed by atoms with E-state index in [1.807, 2.05) is 0 Å². The number of carboxylic acids is 1. The van der Waals surface area contributed by atoms with Gasteiger partial charge in [-0.05, 0) is 55.0 Å². The molecule has 0 amide bonds. The SMILES string of the molecule is CCC(Sc1nc(-c2ccc(F)cc2)c(-c2ccc(F)cc2)o1)C(=O)O. The zero-order valence-electron chi connectivity index (χ0n) is 13.8. The predicted octanol–water partition coefficient (Wildman–Crippen LogP) is 5.24. The summed E-state index contributed by atoms with van der Waals surface area (Å²) >= 11 is 1.00. The molecule has 0 radical (unpaired) electrons. The van der Waals surface area contributed by atoms with Gasteiger partial charge >= 0.3 is 5.97 Å². The van der Waals surface area contributed by atoms with E-state index in [1.165, 1.54) is 24.3 Å². The van der Waals surface area contributed by atoms with Crippen LogP contribution in [0.5, 0.6) is 0 Å². The summed E-state index contributed by atoms with van der Waals surface area (Å²) in [6.45, 7) is 1.76. The van der Waals surface area contributed by atoms with Crippen molar-refractivity contribution in [2.45, 2.75) is 23.8 Å². The first-order chi connectivity index (χ1) is 12.5. The Morgan fingerprint density at radius 2 is 1.62 bits per heavy atom. The van der Waals surface area contributed by atoms with E-state index in [4.69, 9.17) is 4.42 Å². The van der Waals surface area contributed by atoms with Crippen LogP contribution in [0, 0.1) is 11.6 Å². The van der Waals surface area contributed by atoms with Crippen molar-refractivity contribution < 1.29 is 23.1 Å². The molecule has 7 heteroatoms. The molecule has 26 heavy (non-hydrogen) atoms. The Kier molecular flexibility index (Phi) is 5.37. The molecule has 0 aliphatic carbocycles. The maximum absolute atomic E-state index is 13.2. The van der Waals surface area contributed by atoms with Crippen LogP contribution >= 0.6 is 11.8 Å². The minimum absolute atomic E-state index is 0.193. The highest BCUT2D eigenvalue weighted by molar-refractivity contribution is 8.00. The number of hydrogen-bond donors (Lipinski definition) is 1.